The van der Waals surface area contributed by atoms with Crippen molar-refractivity contribution in [3.8, 4) is 0 Å². The van der Waals surface area contributed by atoms with Gasteiger partial charge in [-0.25, -0.2) is 0 Å². The van der Waals surface area contributed by atoms with E-state index >= 15 is 0 Å². The van der Waals surface area contributed by atoms with Crippen LogP contribution in [0.4, 0.5) is 0 Å². The van der Waals surface area contributed by atoms with Crippen molar-refractivity contribution in [3.05, 3.63) is 0 Å². The van der Waals surface area contributed by atoms with Crippen LogP contribution in [0.25, 0.3) is 0 Å². The standard InChI is InChI=1S/C10H23IO2Si/c1-4-5-6-7-8-9-10-14(11,12-2)13-3/h4-10H2,1-3H3. The summed E-state index contributed by atoms with van der Waals surface area (Å²) in [5.41, 5.74) is 0. The van der Waals surface area contributed by atoms with E-state index in [1.165, 1.54) is 38.5 Å². The molecule has 14 heavy (non-hydrogen) atoms. The Balaban J connectivity index is 3.34. The maximum Gasteiger partial charge on any atom is 0.407 e. The van der Waals surface area contributed by atoms with Crippen LogP contribution in [-0.2, 0) is 8.85 Å². The number of hydrogen-bond acceptors (Lipinski definition) is 2. The average Bonchev–Trinajstić information content (AvgIpc) is 2.23. The highest BCUT2D eigenvalue weighted by molar-refractivity contribution is 14.1. The maximum atomic E-state index is 5.42. The van der Waals surface area contributed by atoms with Crippen LogP contribution in [0, 0.1) is 0 Å². The van der Waals surface area contributed by atoms with E-state index in [1.54, 1.807) is 14.2 Å². The molecule has 0 N–H and O–H groups in total. The first-order valence-electron chi connectivity index (χ1n) is 5.47. The van der Waals surface area contributed by atoms with Crippen LogP contribution >= 0.6 is 21.8 Å². The molecule has 0 bridgehead atoms. The van der Waals surface area contributed by atoms with E-state index < -0.39 is 6.06 Å². The molecule has 2 nitrogen and oxygen atoms in total. The number of halogens is 1. The van der Waals surface area contributed by atoms with Gasteiger partial charge in [0.2, 0.25) is 0 Å². The van der Waals surface area contributed by atoms with Gasteiger partial charge < -0.3 is 8.85 Å². The molecule has 0 rings (SSSR count). The lowest BCUT2D eigenvalue weighted by atomic mass is 10.1. The Morgan fingerprint density at radius 3 is 1.93 bits per heavy atom. The summed E-state index contributed by atoms with van der Waals surface area (Å²) in [6.45, 7) is 2.25. The highest BCUT2D eigenvalue weighted by atomic mass is 127. The van der Waals surface area contributed by atoms with Crippen molar-refractivity contribution >= 4 is 27.9 Å². The predicted octanol–water partition coefficient (Wildman–Crippen LogP) is 4.01. The minimum Gasteiger partial charge on any atom is -0.390 e. The van der Waals surface area contributed by atoms with E-state index in [2.05, 4.69) is 28.7 Å². The van der Waals surface area contributed by atoms with Gasteiger partial charge in [0, 0.05) is 20.3 Å². The van der Waals surface area contributed by atoms with Crippen molar-refractivity contribution in [2.24, 2.45) is 0 Å². The summed E-state index contributed by atoms with van der Waals surface area (Å²) >= 11 is 2.37. The first-order chi connectivity index (χ1) is 6.68. The van der Waals surface area contributed by atoms with E-state index in [0.717, 1.165) is 6.04 Å². The highest BCUT2D eigenvalue weighted by Gasteiger charge is 2.30. The predicted molar refractivity (Wildman–Crippen MR) is 72.0 cm³/mol. The summed E-state index contributed by atoms with van der Waals surface area (Å²) in [4.78, 5) is 0. The van der Waals surface area contributed by atoms with Gasteiger partial charge in [0.25, 0.3) is 0 Å². The third kappa shape index (κ3) is 7.20. The molecule has 0 radical (unpaired) electrons. The van der Waals surface area contributed by atoms with Crippen molar-refractivity contribution in [1.82, 2.24) is 0 Å². The molecule has 86 valence electrons. The quantitative estimate of drug-likeness (QED) is 0.275. The van der Waals surface area contributed by atoms with Crippen LogP contribution in [0.2, 0.25) is 6.04 Å². The minimum atomic E-state index is -1.80. The molecule has 0 aliphatic rings. The molecule has 0 unspecified atom stereocenters. The Morgan fingerprint density at radius 2 is 1.43 bits per heavy atom. The normalized spacial score (nSPS) is 12.0. The zero-order valence-corrected chi connectivity index (χ0v) is 12.8. The molecule has 0 aromatic heterocycles. The maximum absolute atomic E-state index is 5.42. The smallest absolute Gasteiger partial charge is 0.390 e. The molecule has 0 aromatic carbocycles. The molecule has 0 atom stereocenters. The topological polar surface area (TPSA) is 18.5 Å². The highest BCUT2D eigenvalue weighted by Crippen LogP contribution is 2.23. The van der Waals surface area contributed by atoms with Gasteiger partial charge in [-0.1, -0.05) is 45.4 Å². The van der Waals surface area contributed by atoms with Gasteiger partial charge in [-0.2, -0.15) is 0 Å². The van der Waals surface area contributed by atoms with Crippen LogP contribution in [0.1, 0.15) is 45.4 Å². The Bertz CT molecular complexity index is 129. The van der Waals surface area contributed by atoms with E-state index in [1.807, 2.05) is 0 Å². The van der Waals surface area contributed by atoms with Crippen LogP contribution in [0.15, 0.2) is 0 Å². The molecule has 0 aromatic rings. The molecule has 0 saturated carbocycles. The SMILES string of the molecule is CCCCCCCC[Si](I)(OC)OC. The molecule has 0 spiro atoms. The summed E-state index contributed by atoms with van der Waals surface area (Å²) in [7, 11) is 3.53. The van der Waals surface area contributed by atoms with Crippen LogP contribution < -0.4 is 0 Å². The van der Waals surface area contributed by atoms with E-state index in [0.29, 0.717) is 0 Å². The Hall–Kier alpha value is 0.867. The third-order valence-electron chi connectivity index (χ3n) is 2.44. The van der Waals surface area contributed by atoms with Crippen LogP contribution in [0.5, 0.6) is 0 Å². The van der Waals surface area contributed by atoms with Gasteiger partial charge in [-0.05, 0) is 21.8 Å². The average molecular weight is 330 g/mol. The number of rotatable bonds is 9. The summed E-state index contributed by atoms with van der Waals surface area (Å²) in [6.07, 6.45) is 8.02. The monoisotopic (exact) mass is 330 g/mol. The first kappa shape index (κ1) is 14.9. The van der Waals surface area contributed by atoms with Gasteiger partial charge in [0.15, 0.2) is 0 Å². The Labute approximate surface area is 102 Å². The summed E-state index contributed by atoms with van der Waals surface area (Å²) < 4.78 is 10.8. The fourth-order valence-corrected chi connectivity index (χ4v) is 3.80. The zero-order chi connectivity index (χ0) is 10.9. The van der Waals surface area contributed by atoms with Gasteiger partial charge in [0.05, 0.1) is 0 Å². The fraction of sp³-hybridized carbons (Fsp3) is 1.00. The van der Waals surface area contributed by atoms with Crippen molar-refractivity contribution < 1.29 is 8.85 Å². The third-order valence-corrected chi connectivity index (χ3v) is 8.87. The molecular formula is C10H23IO2Si. The van der Waals surface area contributed by atoms with Crippen molar-refractivity contribution in [2.75, 3.05) is 14.2 Å². The second kappa shape index (κ2) is 9.12. The second-order valence-corrected chi connectivity index (χ2v) is 11.2. The molecule has 0 saturated heterocycles. The summed E-state index contributed by atoms with van der Waals surface area (Å²) in [5, 5.41) is 0. The first-order valence-corrected chi connectivity index (χ1v) is 10.6. The largest absolute Gasteiger partial charge is 0.407 e. The summed E-state index contributed by atoms with van der Waals surface area (Å²) in [6, 6.07) is -0.678. The molecule has 0 aliphatic heterocycles. The van der Waals surface area contributed by atoms with E-state index in [9.17, 15) is 0 Å². The lowest BCUT2D eigenvalue weighted by Gasteiger charge is -2.19. The van der Waals surface area contributed by atoms with Crippen molar-refractivity contribution in [1.29, 1.82) is 0 Å². The van der Waals surface area contributed by atoms with E-state index in [-0.39, 0.29) is 0 Å². The molecule has 0 fully saturated rings. The number of unbranched alkanes of at least 4 members (excludes halogenated alkanes) is 5. The lowest BCUT2D eigenvalue weighted by molar-refractivity contribution is 0.271. The lowest BCUT2D eigenvalue weighted by Crippen LogP contribution is -2.31. The van der Waals surface area contributed by atoms with Gasteiger partial charge in [-0.3, -0.25) is 0 Å². The minimum absolute atomic E-state index is 1.12. The molecule has 0 heterocycles. The van der Waals surface area contributed by atoms with Crippen LogP contribution in [-0.4, -0.2) is 20.3 Å². The van der Waals surface area contributed by atoms with Gasteiger partial charge in [-0.15, -0.1) is 0 Å². The van der Waals surface area contributed by atoms with Gasteiger partial charge >= 0.3 is 6.06 Å². The van der Waals surface area contributed by atoms with Crippen molar-refractivity contribution in [2.45, 2.75) is 51.5 Å². The molecular weight excluding hydrogens is 307 g/mol. The fourth-order valence-electron chi connectivity index (χ4n) is 1.40. The molecule has 0 amide bonds. The summed E-state index contributed by atoms with van der Waals surface area (Å²) in [5.74, 6) is 0. The molecule has 0 aliphatic carbocycles. The second-order valence-electron chi connectivity index (χ2n) is 3.59. The van der Waals surface area contributed by atoms with E-state index in [4.69, 9.17) is 8.85 Å². The zero-order valence-electron chi connectivity index (χ0n) is 9.64. The Morgan fingerprint density at radius 1 is 0.929 bits per heavy atom. The van der Waals surface area contributed by atoms with Gasteiger partial charge in [0.1, 0.15) is 0 Å². The van der Waals surface area contributed by atoms with Crippen LogP contribution in [0.3, 0.4) is 0 Å². The van der Waals surface area contributed by atoms with Crippen molar-refractivity contribution in [3.63, 3.8) is 0 Å². The molecule has 4 heteroatoms. The Kier molecular flexibility index (Phi) is 9.68. The number of hydrogen-bond donors (Lipinski definition) is 0.